The van der Waals surface area contributed by atoms with Crippen LogP contribution in [0.1, 0.15) is 39.1 Å². The number of aryl methyl sites for hydroxylation is 1. The molecule has 1 heterocycles. The van der Waals surface area contributed by atoms with Crippen LogP contribution in [0.4, 0.5) is 4.39 Å². The fourth-order valence-electron chi connectivity index (χ4n) is 3.15. The number of likely N-dealkylation sites (tertiary alicyclic amines) is 1. The summed E-state index contributed by atoms with van der Waals surface area (Å²) in [7, 11) is 0. The Hall–Kier alpha value is -2.21. The van der Waals surface area contributed by atoms with E-state index in [1.807, 2.05) is 31.2 Å². The Morgan fingerprint density at radius 3 is 2.50 bits per heavy atom. The maximum atomic E-state index is 13.4. The molecule has 2 amide bonds. The van der Waals surface area contributed by atoms with E-state index in [2.05, 4.69) is 21.2 Å². The van der Waals surface area contributed by atoms with Gasteiger partial charge < -0.3 is 10.2 Å². The summed E-state index contributed by atoms with van der Waals surface area (Å²) in [5.41, 5.74) is 1.94. The van der Waals surface area contributed by atoms with Gasteiger partial charge in [-0.05, 0) is 65.5 Å². The second kappa shape index (κ2) is 7.99. The Morgan fingerprint density at radius 1 is 1.12 bits per heavy atom. The second-order valence-corrected chi connectivity index (χ2v) is 7.33. The van der Waals surface area contributed by atoms with Crippen molar-refractivity contribution in [2.75, 3.05) is 13.1 Å². The Morgan fingerprint density at radius 2 is 1.81 bits per heavy atom. The molecule has 136 valence electrons. The van der Waals surface area contributed by atoms with Crippen molar-refractivity contribution in [3.8, 4) is 0 Å². The van der Waals surface area contributed by atoms with Crippen LogP contribution in [-0.2, 0) is 0 Å². The molecule has 1 saturated heterocycles. The molecule has 4 nitrogen and oxygen atoms in total. The van der Waals surface area contributed by atoms with Crippen LogP contribution < -0.4 is 5.32 Å². The minimum Gasteiger partial charge on any atom is -0.349 e. The number of carbonyl (C=O) groups is 2. The molecule has 26 heavy (non-hydrogen) atoms. The number of halogens is 2. The third-order valence-electron chi connectivity index (χ3n) is 4.67. The van der Waals surface area contributed by atoms with Gasteiger partial charge in [0.2, 0.25) is 0 Å². The van der Waals surface area contributed by atoms with E-state index in [9.17, 15) is 14.0 Å². The number of piperidine rings is 1. The maximum Gasteiger partial charge on any atom is 0.255 e. The molecular weight excluding hydrogens is 399 g/mol. The van der Waals surface area contributed by atoms with Crippen LogP contribution in [-0.4, -0.2) is 35.8 Å². The molecule has 1 N–H and O–H groups in total. The minimum atomic E-state index is -0.433. The lowest BCUT2D eigenvalue weighted by atomic mass is 10.0. The fraction of sp³-hybridized carbons (Fsp3) is 0.300. The monoisotopic (exact) mass is 418 g/mol. The summed E-state index contributed by atoms with van der Waals surface area (Å²) in [4.78, 5) is 26.7. The second-order valence-electron chi connectivity index (χ2n) is 6.48. The lowest BCUT2D eigenvalue weighted by Crippen LogP contribution is -2.46. The highest BCUT2D eigenvalue weighted by Gasteiger charge is 2.26. The van der Waals surface area contributed by atoms with Crippen LogP contribution in [0, 0.1) is 12.7 Å². The smallest absolute Gasteiger partial charge is 0.255 e. The van der Waals surface area contributed by atoms with Crippen LogP contribution in [0.3, 0.4) is 0 Å². The van der Waals surface area contributed by atoms with E-state index in [0.29, 0.717) is 41.5 Å². The molecule has 6 heteroatoms. The first kappa shape index (κ1) is 18.6. The van der Waals surface area contributed by atoms with Crippen molar-refractivity contribution in [3.63, 3.8) is 0 Å². The van der Waals surface area contributed by atoms with Crippen molar-refractivity contribution in [2.24, 2.45) is 0 Å². The first-order chi connectivity index (χ1) is 12.5. The van der Waals surface area contributed by atoms with Gasteiger partial charge in [0.1, 0.15) is 5.82 Å². The quantitative estimate of drug-likeness (QED) is 0.820. The fourth-order valence-corrected chi connectivity index (χ4v) is 3.57. The van der Waals surface area contributed by atoms with Gasteiger partial charge in [0.15, 0.2) is 0 Å². The van der Waals surface area contributed by atoms with Gasteiger partial charge in [0.25, 0.3) is 11.8 Å². The number of hydrogen-bond donors (Lipinski definition) is 1. The number of hydrogen-bond acceptors (Lipinski definition) is 2. The van der Waals surface area contributed by atoms with Gasteiger partial charge in [-0.3, -0.25) is 9.59 Å². The lowest BCUT2D eigenvalue weighted by molar-refractivity contribution is 0.0696. The zero-order chi connectivity index (χ0) is 18.7. The van der Waals surface area contributed by atoms with E-state index in [1.54, 1.807) is 4.90 Å². The number of nitrogens with one attached hydrogen (secondary N) is 1. The van der Waals surface area contributed by atoms with Crippen molar-refractivity contribution in [1.82, 2.24) is 10.2 Å². The van der Waals surface area contributed by atoms with Crippen molar-refractivity contribution in [1.29, 1.82) is 0 Å². The largest absolute Gasteiger partial charge is 0.349 e. The Bertz CT molecular complexity index is 832. The van der Waals surface area contributed by atoms with Crippen molar-refractivity contribution in [2.45, 2.75) is 25.8 Å². The van der Waals surface area contributed by atoms with Gasteiger partial charge in [-0.2, -0.15) is 0 Å². The average molecular weight is 419 g/mol. The molecule has 0 saturated carbocycles. The van der Waals surface area contributed by atoms with Crippen molar-refractivity contribution >= 4 is 27.7 Å². The molecule has 0 aliphatic carbocycles. The zero-order valence-electron chi connectivity index (χ0n) is 14.5. The van der Waals surface area contributed by atoms with Gasteiger partial charge in [0.05, 0.1) is 5.56 Å². The van der Waals surface area contributed by atoms with Gasteiger partial charge >= 0.3 is 0 Å². The molecule has 0 bridgehead atoms. The number of benzene rings is 2. The third-order valence-corrected chi connectivity index (χ3v) is 5.36. The van der Waals surface area contributed by atoms with E-state index in [0.717, 1.165) is 5.56 Å². The van der Waals surface area contributed by atoms with E-state index in [4.69, 9.17) is 0 Å². The maximum absolute atomic E-state index is 13.4. The lowest BCUT2D eigenvalue weighted by Gasteiger charge is -2.32. The van der Waals surface area contributed by atoms with Crippen molar-refractivity contribution < 1.29 is 14.0 Å². The van der Waals surface area contributed by atoms with Gasteiger partial charge in [-0.1, -0.05) is 18.2 Å². The van der Waals surface area contributed by atoms with Gasteiger partial charge in [-0.15, -0.1) is 0 Å². The molecule has 3 rings (SSSR count). The van der Waals surface area contributed by atoms with Crippen LogP contribution >= 0.6 is 15.9 Å². The molecule has 0 radical (unpaired) electrons. The number of amides is 2. The van der Waals surface area contributed by atoms with Crippen LogP contribution in [0.2, 0.25) is 0 Å². The van der Waals surface area contributed by atoms with E-state index in [-0.39, 0.29) is 17.9 Å². The summed E-state index contributed by atoms with van der Waals surface area (Å²) < 4.78 is 14.0. The molecule has 0 atom stereocenters. The minimum absolute atomic E-state index is 0.0297. The van der Waals surface area contributed by atoms with Gasteiger partial charge in [0, 0.05) is 29.2 Å². The normalized spacial score (nSPS) is 15.0. The van der Waals surface area contributed by atoms with E-state index < -0.39 is 5.82 Å². The molecule has 1 aliphatic rings. The molecule has 1 fully saturated rings. The number of rotatable bonds is 3. The summed E-state index contributed by atoms with van der Waals surface area (Å²) in [5, 5.41) is 3.05. The number of nitrogens with zero attached hydrogens (tertiary/aromatic N) is 1. The Kier molecular flexibility index (Phi) is 5.71. The third kappa shape index (κ3) is 4.12. The summed E-state index contributed by atoms with van der Waals surface area (Å²) in [5.74, 6) is -0.710. The molecule has 0 spiro atoms. The predicted molar refractivity (Wildman–Crippen MR) is 102 cm³/mol. The zero-order valence-corrected chi connectivity index (χ0v) is 16.1. The molecule has 0 unspecified atom stereocenters. The van der Waals surface area contributed by atoms with E-state index >= 15 is 0 Å². The molecular formula is C20H20BrFN2O2. The van der Waals surface area contributed by atoms with Gasteiger partial charge in [-0.25, -0.2) is 4.39 Å². The van der Waals surface area contributed by atoms with E-state index in [1.165, 1.54) is 18.2 Å². The summed E-state index contributed by atoms with van der Waals surface area (Å²) >= 11 is 3.30. The van der Waals surface area contributed by atoms with Crippen molar-refractivity contribution in [3.05, 3.63) is 69.4 Å². The molecule has 2 aromatic rings. The average Bonchev–Trinajstić information content (AvgIpc) is 2.64. The van der Waals surface area contributed by atoms with Crippen LogP contribution in [0.25, 0.3) is 0 Å². The Labute approximate surface area is 160 Å². The van der Waals surface area contributed by atoms with Crippen LogP contribution in [0.5, 0.6) is 0 Å². The highest BCUT2D eigenvalue weighted by Crippen LogP contribution is 2.22. The summed E-state index contributed by atoms with van der Waals surface area (Å²) in [6.45, 7) is 2.97. The highest BCUT2D eigenvalue weighted by molar-refractivity contribution is 9.10. The topological polar surface area (TPSA) is 49.4 Å². The summed E-state index contributed by atoms with van der Waals surface area (Å²) in [6, 6.07) is 11.6. The Balaban J connectivity index is 1.59. The van der Waals surface area contributed by atoms with Crippen LogP contribution in [0.15, 0.2) is 46.9 Å². The first-order valence-electron chi connectivity index (χ1n) is 8.56. The molecule has 0 aromatic heterocycles. The SMILES string of the molecule is Cc1ccccc1C(=O)NC1CCN(C(=O)c2cc(F)ccc2Br)CC1. The standard InChI is InChI=1S/C20H20BrFN2O2/c1-13-4-2-3-5-16(13)19(25)23-15-8-10-24(11-9-15)20(26)17-12-14(22)6-7-18(17)21/h2-7,12,15H,8-11H2,1H3,(H,23,25). The number of carbonyl (C=O) groups excluding carboxylic acids is 2. The first-order valence-corrected chi connectivity index (χ1v) is 9.36. The predicted octanol–water partition coefficient (Wildman–Crippen LogP) is 3.93. The highest BCUT2D eigenvalue weighted by atomic mass is 79.9. The summed E-state index contributed by atoms with van der Waals surface area (Å²) in [6.07, 6.45) is 1.35. The molecule has 1 aliphatic heterocycles. The molecule has 2 aromatic carbocycles.